The van der Waals surface area contributed by atoms with Crippen LogP contribution >= 0.6 is 20.1 Å². The highest BCUT2D eigenvalue weighted by molar-refractivity contribution is 7.80. The number of alkyl halides is 6. The number of halogens is 6. The summed E-state index contributed by atoms with van der Waals surface area (Å²) in [6.07, 6.45) is -8.91. The Morgan fingerprint density at radius 1 is 0.708 bits per heavy atom. The van der Waals surface area contributed by atoms with E-state index in [1.54, 1.807) is 20.8 Å². The molecular weight excluding hydrogens is 667 g/mol. The molecule has 1 amide bonds. The maximum atomic E-state index is 14.1. The number of benzene rings is 4. The van der Waals surface area contributed by atoms with Crippen molar-refractivity contribution in [1.82, 2.24) is 10.6 Å². The van der Waals surface area contributed by atoms with Crippen molar-refractivity contribution in [3.8, 4) is 0 Å². The number of anilines is 1. The van der Waals surface area contributed by atoms with E-state index in [4.69, 9.17) is 12.2 Å². The zero-order valence-corrected chi connectivity index (χ0v) is 28.2. The molecule has 0 radical (unpaired) electrons. The largest absolute Gasteiger partial charge is 0.416 e. The third-order valence-corrected chi connectivity index (χ3v) is 10.3. The van der Waals surface area contributed by atoms with Crippen LogP contribution in [0.15, 0.2) is 109 Å². The Bertz CT molecular complexity index is 1590. The van der Waals surface area contributed by atoms with Crippen LogP contribution in [0.2, 0.25) is 0 Å². The van der Waals surface area contributed by atoms with Crippen LogP contribution in [-0.4, -0.2) is 29.3 Å². The fraction of sp³-hybridized carbons (Fsp3) is 0.278. The van der Waals surface area contributed by atoms with Crippen LogP contribution in [0.4, 0.5) is 32.0 Å². The summed E-state index contributed by atoms with van der Waals surface area (Å²) >= 11 is 5.33. The molecular formula is C36H36F6N3OPS. The van der Waals surface area contributed by atoms with Gasteiger partial charge in [-0.1, -0.05) is 112 Å². The number of carbonyl (C=O) groups excluding carboxylic acids is 1. The molecule has 0 saturated carbocycles. The van der Waals surface area contributed by atoms with Crippen LogP contribution in [0.5, 0.6) is 0 Å². The number of thiocarbonyl (C=S) groups is 1. The predicted octanol–water partition coefficient (Wildman–Crippen LogP) is 8.29. The minimum Gasteiger partial charge on any atom is -0.351 e. The highest BCUT2D eigenvalue weighted by Crippen LogP contribution is 2.38. The Kier molecular flexibility index (Phi) is 11.9. The molecule has 0 saturated heterocycles. The van der Waals surface area contributed by atoms with E-state index in [0.717, 1.165) is 16.2 Å². The summed E-state index contributed by atoms with van der Waals surface area (Å²) in [6, 6.07) is 29.6. The Morgan fingerprint density at radius 2 is 1.17 bits per heavy atom. The minimum atomic E-state index is -5.02. The average Bonchev–Trinajstić information content (AvgIpc) is 3.02. The quantitative estimate of drug-likeness (QED) is 0.0885. The molecule has 4 rings (SSSR count). The summed E-state index contributed by atoms with van der Waals surface area (Å²) < 4.78 is 80.6. The van der Waals surface area contributed by atoms with Crippen molar-refractivity contribution >= 4 is 47.5 Å². The SMILES string of the molecule is CC(C)(C)[C@H](NC(=S)Nc1cc(C(F)(F)F)cc(C(F)(F)F)c1)C(=O)N[C@@H](Cc1ccccc1)CP(c1ccccc1)c1ccccc1. The van der Waals surface area contributed by atoms with Crippen molar-refractivity contribution < 1.29 is 31.1 Å². The van der Waals surface area contributed by atoms with Crippen LogP contribution in [0.1, 0.15) is 37.5 Å². The first-order valence-corrected chi connectivity index (χ1v) is 17.0. The lowest BCUT2D eigenvalue weighted by Crippen LogP contribution is -2.57. The van der Waals surface area contributed by atoms with Gasteiger partial charge in [0.2, 0.25) is 5.91 Å². The molecule has 2 atom stereocenters. The second-order valence-electron chi connectivity index (χ2n) is 12.4. The molecule has 0 fully saturated rings. The van der Waals surface area contributed by atoms with Crippen molar-refractivity contribution in [2.45, 2.75) is 51.6 Å². The first-order valence-electron chi connectivity index (χ1n) is 15.1. The van der Waals surface area contributed by atoms with E-state index < -0.39 is 54.5 Å². The highest BCUT2D eigenvalue weighted by Gasteiger charge is 2.38. The molecule has 0 aliphatic heterocycles. The van der Waals surface area contributed by atoms with Gasteiger partial charge in [-0.25, -0.2) is 0 Å². The molecule has 4 nitrogen and oxygen atoms in total. The number of nitrogens with one attached hydrogen (secondary N) is 3. The third-order valence-electron chi connectivity index (χ3n) is 7.46. The lowest BCUT2D eigenvalue weighted by molar-refractivity contribution is -0.143. The fourth-order valence-electron chi connectivity index (χ4n) is 5.14. The van der Waals surface area contributed by atoms with E-state index >= 15 is 0 Å². The van der Waals surface area contributed by atoms with Gasteiger partial charge < -0.3 is 16.0 Å². The molecule has 4 aromatic carbocycles. The van der Waals surface area contributed by atoms with Crippen molar-refractivity contribution in [3.63, 3.8) is 0 Å². The first-order chi connectivity index (χ1) is 22.5. The van der Waals surface area contributed by atoms with Crippen molar-refractivity contribution in [2.75, 3.05) is 11.5 Å². The first kappa shape index (κ1) is 36.9. The molecule has 0 unspecified atom stereocenters. The van der Waals surface area contributed by atoms with Crippen molar-refractivity contribution in [3.05, 3.63) is 126 Å². The van der Waals surface area contributed by atoms with E-state index in [-0.39, 0.29) is 17.2 Å². The fourth-order valence-corrected chi connectivity index (χ4v) is 7.82. The summed E-state index contributed by atoms with van der Waals surface area (Å²) in [4.78, 5) is 14.1. The number of hydrogen-bond acceptors (Lipinski definition) is 2. The van der Waals surface area contributed by atoms with E-state index in [1.165, 1.54) is 0 Å². The maximum Gasteiger partial charge on any atom is 0.416 e. The van der Waals surface area contributed by atoms with Gasteiger partial charge in [-0.2, -0.15) is 26.3 Å². The number of rotatable bonds is 10. The van der Waals surface area contributed by atoms with Gasteiger partial charge in [0.1, 0.15) is 6.04 Å². The molecule has 3 N–H and O–H groups in total. The van der Waals surface area contributed by atoms with Gasteiger partial charge in [0.25, 0.3) is 0 Å². The second kappa shape index (κ2) is 15.5. The Balaban J connectivity index is 1.60. The smallest absolute Gasteiger partial charge is 0.351 e. The zero-order valence-electron chi connectivity index (χ0n) is 26.5. The van der Waals surface area contributed by atoms with Gasteiger partial charge in [-0.3, -0.25) is 4.79 Å². The summed E-state index contributed by atoms with van der Waals surface area (Å²) in [5, 5.41) is 10.5. The predicted molar refractivity (Wildman–Crippen MR) is 185 cm³/mol. The minimum absolute atomic E-state index is 0.0413. The highest BCUT2D eigenvalue weighted by atomic mass is 32.1. The molecule has 0 heterocycles. The number of amides is 1. The van der Waals surface area contributed by atoms with Gasteiger partial charge in [0, 0.05) is 11.7 Å². The Labute approximate surface area is 283 Å². The third kappa shape index (κ3) is 10.5. The van der Waals surface area contributed by atoms with Crippen LogP contribution < -0.4 is 26.6 Å². The summed E-state index contributed by atoms with van der Waals surface area (Å²) in [5.74, 6) is -0.413. The topological polar surface area (TPSA) is 53.2 Å². The number of carbonyl (C=O) groups is 1. The molecule has 0 aromatic heterocycles. The molecule has 0 bridgehead atoms. The van der Waals surface area contributed by atoms with Gasteiger partial charge in [-0.05, 0) is 72.5 Å². The summed E-state index contributed by atoms with van der Waals surface area (Å²) in [5.41, 5.74) is -3.22. The molecule has 0 aliphatic rings. The molecule has 254 valence electrons. The Hall–Kier alpha value is -3.95. The Morgan fingerprint density at radius 3 is 1.60 bits per heavy atom. The monoisotopic (exact) mass is 703 g/mol. The average molecular weight is 704 g/mol. The van der Waals surface area contributed by atoms with Gasteiger partial charge >= 0.3 is 12.4 Å². The molecule has 48 heavy (non-hydrogen) atoms. The van der Waals surface area contributed by atoms with E-state index in [2.05, 4.69) is 40.2 Å². The zero-order chi connectivity index (χ0) is 35.1. The van der Waals surface area contributed by atoms with Crippen molar-refractivity contribution in [2.24, 2.45) is 5.41 Å². The van der Waals surface area contributed by atoms with E-state index in [9.17, 15) is 31.1 Å². The summed E-state index contributed by atoms with van der Waals surface area (Å²) in [6.45, 7) is 5.35. The van der Waals surface area contributed by atoms with Crippen LogP contribution in [0.25, 0.3) is 0 Å². The van der Waals surface area contributed by atoms with Crippen LogP contribution in [0, 0.1) is 5.41 Å². The number of hydrogen-bond donors (Lipinski definition) is 3. The molecule has 4 aromatic rings. The normalized spacial score (nSPS) is 13.5. The van der Waals surface area contributed by atoms with Crippen LogP contribution in [-0.2, 0) is 23.6 Å². The second-order valence-corrected chi connectivity index (χ2v) is 15.0. The molecule has 12 heteroatoms. The lowest BCUT2D eigenvalue weighted by Gasteiger charge is -2.34. The standard InChI is InChI=1S/C36H36F6N3OPS/c1-34(2,3)31(45-33(48)44-27-21-25(35(37,38)39)20-26(22-27)36(40,41)42)32(46)43-28(19-24-13-7-4-8-14-24)23-47(29-15-9-5-10-16-29)30-17-11-6-12-18-30/h4-18,20-22,28,31H,19,23H2,1-3H3,(H,43,46)(H2,44,45,48)/t28-,31+/m0/s1. The molecule has 0 aliphatic carbocycles. The van der Waals surface area contributed by atoms with Gasteiger partial charge in [0.15, 0.2) is 5.11 Å². The molecule has 0 spiro atoms. The van der Waals surface area contributed by atoms with E-state index in [0.29, 0.717) is 24.7 Å². The van der Waals surface area contributed by atoms with Gasteiger partial charge in [-0.15, -0.1) is 0 Å². The lowest BCUT2D eigenvalue weighted by atomic mass is 9.86. The van der Waals surface area contributed by atoms with E-state index in [1.807, 2.05) is 66.7 Å². The van der Waals surface area contributed by atoms with Crippen molar-refractivity contribution in [1.29, 1.82) is 0 Å². The summed E-state index contributed by atoms with van der Waals surface area (Å²) in [7, 11) is -0.897. The van der Waals surface area contributed by atoms with Gasteiger partial charge in [0.05, 0.1) is 11.1 Å². The van der Waals surface area contributed by atoms with Crippen LogP contribution in [0.3, 0.4) is 0 Å². The maximum absolute atomic E-state index is 14.1.